The van der Waals surface area contributed by atoms with Crippen LogP contribution in [0.1, 0.15) is 152 Å². The molecule has 4 rings (SSSR count). The molecule has 2 aliphatic rings. The monoisotopic (exact) mass is 652 g/mol. The molecule has 0 radical (unpaired) electrons. The molecule has 2 aromatic heterocycles. The van der Waals surface area contributed by atoms with Crippen LogP contribution in [0, 0.1) is 58.2 Å². The van der Waals surface area contributed by atoms with Crippen LogP contribution < -0.4 is 0 Å². The summed E-state index contributed by atoms with van der Waals surface area (Å²) in [5.41, 5.74) is 3.76. The van der Waals surface area contributed by atoms with Crippen LogP contribution in [0.5, 0.6) is 0 Å². The fourth-order valence-corrected chi connectivity index (χ4v) is 8.30. The molecule has 0 saturated heterocycles. The first kappa shape index (κ1) is 37.6. The highest BCUT2D eigenvalue weighted by Crippen LogP contribution is 2.37. The molecule has 260 valence electrons. The molecule has 48 heavy (non-hydrogen) atoms. The Balaban J connectivity index is 1.05. The van der Waals surface area contributed by atoms with Gasteiger partial charge in [-0.05, 0) is 112 Å². The third kappa shape index (κ3) is 12.7. The van der Waals surface area contributed by atoms with Gasteiger partial charge in [-0.1, -0.05) is 65.2 Å². The van der Waals surface area contributed by atoms with E-state index in [1.165, 1.54) is 77.0 Å². The molecule has 2 unspecified atom stereocenters. The van der Waals surface area contributed by atoms with Gasteiger partial charge in [0.15, 0.2) is 0 Å². The maximum Gasteiger partial charge on any atom is 0.132 e. The van der Waals surface area contributed by atoms with E-state index >= 15 is 0 Å². The topological polar surface area (TPSA) is 116 Å². The van der Waals surface area contributed by atoms with Crippen molar-refractivity contribution in [1.82, 2.24) is 20.4 Å². The van der Waals surface area contributed by atoms with Gasteiger partial charge in [0, 0.05) is 25.7 Å². The van der Waals surface area contributed by atoms with Gasteiger partial charge in [0.05, 0.1) is 46.7 Å². The number of unbranched alkanes of at least 4 members (excludes halogenated alkanes) is 2. The smallest absolute Gasteiger partial charge is 0.132 e. The lowest BCUT2D eigenvalue weighted by Crippen LogP contribution is -2.23. The minimum absolute atomic E-state index is 0.0324. The van der Waals surface area contributed by atoms with Crippen molar-refractivity contribution >= 4 is 5.78 Å². The summed E-state index contributed by atoms with van der Waals surface area (Å²) in [4.78, 5) is 12.5. The summed E-state index contributed by atoms with van der Waals surface area (Å²) in [5.74, 6) is 3.07. The number of carbonyl (C=O) groups is 1. The number of carbonyl (C=O) groups excluding carboxylic acids is 1. The highest BCUT2D eigenvalue weighted by Gasteiger charge is 2.29. The van der Waals surface area contributed by atoms with E-state index in [9.17, 15) is 15.3 Å². The molecule has 0 aliphatic heterocycles. The highest BCUT2D eigenvalue weighted by molar-refractivity contribution is 5.78. The zero-order valence-electron chi connectivity index (χ0n) is 29.9. The quantitative estimate of drug-likeness (QED) is 0.131. The number of nitriles is 2. The Morgan fingerprint density at radius 2 is 1.00 bits per heavy atom. The fourth-order valence-electron chi connectivity index (χ4n) is 8.30. The minimum Gasteiger partial charge on any atom is -0.300 e. The van der Waals surface area contributed by atoms with Crippen LogP contribution in [0.2, 0.25) is 0 Å². The standard InChI is InChI=1S/C41H60N6O/c1-3-9-31-15-19-33(20-16-31)35(29-42)27-39-25-23-37(44-46-39)11-5-7-13-41(48)14-8-6-12-38-24-26-40(47-45-38)28-36(30-43)34-21-17-32(10-4-2)18-22-34/h23-26,31-36H,3-22,27-28H2,1-2H3/t31-,32-,33-,34-,35?,36?. The van der Waals surface area contributed by atoms with E-state index in [1.54, 1.807) is 0 Å². The number of nitrogens with zero attached hydrogens (tertiary/aromatic N) is 6. The number of Topliss-reactive ketones (excluding diaryl/α,β-unsaturated/α-hetero) is 1. The zero-order valence-corrected chi connectivity index (χ0v) is 29.9. The summed E-state index contributed by atoms with van der Waals surface area (Å²) < 4.78 is 0. The van der Waals surface area contributed by atoms with E-state index in [-0.39, 0.29) is 11.8 Å². The van der Waals surface area contributed by atoms with Crippen LogP contribution in [0.15, 0.2) is 24.3 Å². The van der Waals surface area contributed by atoms with Crippen LogP contribution >= 0.6 is 0 Å². The lowest BCUT2D eigenvalue weighted by molar-refractivity contribution is -0.119. The van der Waals surface area contributed by atoms with E-state index in [0.717, 1.165) is 73.1 Å². The van der Waals surface area contributed by atoms with Crippen molar-refractivity contribution in [2.75, 3.05) is 0 Å². The van der Waals surface area contributed by atoms with Crippen LogP contribution in [0.4, 0.5) is 0 Å². The minimum atomic E-state index is 0.0324. The Labute approximate surface area is 290 Å². The van der Waals surface area contributed by atoms with E-state index in [2.05, 4.69) is 46.4 Å². The van der Waals surface area contributed by atoms with Crippen molar-refractivity contribution in [2.45, 2.75) is 155 Å². The Kier molecular flexibility index (Phi) is 16.5. The SMILES string of the molecule is CCC[C@H]1CC[C@H](C(C#N)Cc2ccc(CCCCC(=O)CCCCc3ccc(CC(C#N)[C@H]4CC[C@H](CCC)CC4)nn3)nn2)CC1. The molecular weight excluding hydrogens is 592 g/mol. The van der Waals surface area contributed by atoms with Crippen molar-refractivity contribution in [2.24, 2.45) is 35.5 Å². The predicted octanol–water partition coefficient (Wildman–Crippen LogP) is 9.54. The molecule has 7 heteroatoms. The second kappa shape index (κ2) is 21.0. The van der Waals surface area contributed by atoms with E-state index < -0.39 is 0 Å². The van der Waals surface area contributed by atoms with E-state index in [1.807, 2.05) is 24.3 Å². The normalized spacial score (nSPS) is 22.3. The number of aromatic nitrogens is 4. The van der Waals surface area contributed by atoms with Gasteiger partial charge in [0.1, 0.15) is 5.78 Å². The second-order valence-corrected chi connectivity index (χ2v) is 15.0. The first-order valence-corrected chi connectivity index (χ1v) is 19.4. The largest absolute Gasteiger partial charge is 0.300 e. The van der Waals surface area contributed by atoms with E-state index in [4.69, 9.17) is 0 Å². The van der Waals surface area contributed by atoms with Gasteiger partial charge in [0.25, 0.3) is 0 Å². The van der Waals surface area contributed by atoms with Crippen molar-refractivity contribution in [3.05, 3.63) is 47.0 Å². The molecule has 2 heterocycles. The van der Waals surface area contributed by atoms with Crippen molar-refractivity contribution < 1.29 is 4.79 Å². The van der Waals surface area contributed by atoms with Gasteiger partial charge in [-0.15, -0.1) is 0 Å². The number of rotatable bonds is 20. The summed E-state index contributed by atoms with van der Waals surface area (Å²) in [7, 11) is 0. The number of hydrogen-bond donors (Lipinski definition) is 0. The average Bonchev–Trinajstić information content (AvgIpc) is 3.12. The molecule has 2 atom stereocenters. The molecule has 0 N–H and O–H groups in total. The van der Waals surface area contributed by atoms with Gasteiger partial charge >= 0.3 is 0 Å². The summed E-state index contributed by atoms with van der Waals surface area (Å²) >= 11 is 0. The van der Waals surface area contributed by atoms with Crippen LogP contribution in [0.3, 0.4) is 0 Å². The number of ketones is 1. The number of hydrogen-bond acceptors (Lipinski definition) is 7. The van der Waals surface area contributed by atoms with Crippen molar-refractivity contribution in [3.63, 3.8) is 0 Å². The van der Waals surface area contributed by atoms with Gasteiger partial charge in [-0.3, -0.25) is 4.79 Å². The Morgan fingerprint density at radius 1 is 0.625 bits per heavy atom. The third-order valence-corrected chi connectivity index (χ3v) is 11.3. The fraction of sp³-hybridized carbons (Fsp3) is 0.732. The van der Waals surface area contributed by atoms with Crippen LogP contribution in [-0.4, -0.2) is 26.2 Å². The molecule has 2 aromatic rings. The van der Waals surface area contributed by atoms with Crippen LogP contribution in [-0.2, 0) is 30.5 Å². The molecule has 7 nitrogen and oxygen atoms in total. The first-order valence-electron chi connectivity index (χ1n) is 19.4. The lowest BCUT2D eigenvalue weighted by Gasteiger charge is -2.30. The Bertz CT molecular complexity index is 1180. The number of aryl methyl sites for hydroxylation is 2. The zero-order chi connectivity index (χ0) is 34.0. The predicted molar refractivity (Wildman–Crippen MR) is 191 cm³/mol. The third-order valence-electron chi connectivity index (χ3n) is 11.3. The van der Waals surface area contributed by atoms with Gasteiger partial charge in [0.2, 0.25) is 0 Å². The first-order chi connectivity index (χ1) is 23.5. The molecule has 2 fully saturated rings. The summed E-state index contributed by atoms with van der Waals surface area (Å²) in [6, 6.07) is 13.3. The Hall–Kier alpha value is -3.19. The van der Waals surface area contributed by atoms with Gasteiger partial charge < -0.3 is 0 Å². The van der Waals surface area contributed by atoms with Crippen molar-refractivity contribution in [1.29, 1.82) is 10.5 Å². The van der Waals surface area contributed by atoms with Gasteiger partial charge in [-0.25, -0.2) is 0 Å². The average molecular weight is 653 g/mol. The molecular formula is C41H60N6O. The molecule has 2 saturated carbocycles. The second-order valence-electron chi connectivity index (χ2n) is 15.0. The maximum atomic E-state index is 12.5. The molecule has 0 spiro atoms. The Morgan fingerprint density at radius 3 is 1.33 bits per heavy atom. The molecule has 0 aromatic carbocycles. The van der Waals surface area contributed by atoms with Gasteiger partial charge in [-0.2, -0.15) is 30.9 Å². The van der Waals surface area contributed by atoms with Crippen molar-refractivity contribution in [3.8, 4) is 12.1 Å². The lowest BCUT2D eigenvalue weighted by atomic mass is 9.74. The molecule has 2 aliphatic carbocycles. The highest BCUT2D eigenvalue weighted by atomic mass is 16.1. The summed E-state index contributed by atoms with van der Waals surface area (Å²) in [5, 5.41) is 37.4. The summed E-state index contributed by atoms with van der Waals surface area (Å²) in [6.07, 6.45) is 22.8. The molecule has 0 amide bonds. The maximum absolute atomic E-state index is 12.5. The van der Waals surface area contributed by atoms with Crippen LogP contribution in [0.25, 0.3) is 0 Å². The summed E-state index contributed by atoms with van der Waals surface area (Å²) in [6.45, 7) is 4.53. The van der Waals surface area contributed by atoms with E-state index in [0.29, 0.717) is 43.3 Å². The molecule has 0 bridgehead atoms.